The molecule has 2 rings (SSSR count). The van der Waals surface area contributed by atoms with Gasteiger partial charge in [-0.3, -0.25) is 5.43 Å². The maximum absolute atomic E-state index is 11.6. The minimum absolute atomic E-state index is 0.453. The SMILES string of the molecule is COc1ccccc1CCc1cccc(CCCNNC(=O)OC(C)(C)C)c1. The first-order chi connectivity index (χ1) is 13.4. The van der Waals surface area contributed by atoms with Crippen LogP contribution in [0.1, 0.15) is 43.9 Å². The van der Waals surface area contributed by atoms with E-state index in [9.17, 15) is 4.79 Å². The average molecular weight is 385 g/mol. The van der Waals surface area contributed by atoms with Crippen LogP contribution in [0.3, 0.4) is 0 Å². The second-order valence-corrected chi connectivity index (χ2v) is 7.79. The zero-order valence-electron chi connectivity index (χ0n) is 17.4. The molecule has 152 valence electrons. The molecule has 2 aromatic rings. The van der Waals surface area contributed by atoms with Gasteiger partial charge in [-0.05, 0) is 69.2 Å². The number of aryl methyl sites for hydroxylation is 3. The van der Waals surface area contributed by atoms with Crippen LogP contribution in [0.15, 0.2) is 48.5 Å². The summed E-state index contributed by atoms with van der Waals surface area (Å²) in [5, 5.41) is 0. The van der Waals surface area contributed by atoms with Crippen molar-refractivity contribution >= 4 is 6.09 Å². The van der Waals surface area contributed by atoms with Crippen LogP contribution in [0.25, 0.3) is 0 Å². The quantitative estimate of drug-likeness (QED) is 0.496. The third-order valence-electron chi connectivity index (χ3n) is 4.22. The predicted molar refractivity (Wildman–Crippen MR) is 113 cm³/mol. The molecule has 2 aromatic carbocycles. The number of amides is 1. The number of benzene rings is 2. The van der Waals surface area contributed by atoms with E-state index in [1.54, 1.807) is 7.11 Å². The molecule has 0 unspecified atom stereocenters. The van der Waals surface area contributed by atoms with Crippen molar-refractivity contribution in [1.82, 2.24) is 10.9 Å². The highest BCUT2D eigenvalue weighted by Crippen LogP contribution is 2.20. The van der Waals surface area contributed by atoms with E-state index >= 15 is 0 Å². The van der Waals surface area contributed by atoms with Gasteiger partial charge in [-0.15, -0.1) is 0 Å². The second kappa shape index (κ2) is 10.7. The molecule has 0 aliphatic rings. The molecule has 0 radical (unpaired) electrons. The summed E-state index contributed by atoms with van der Waals surface area (Å²) < 4.78 is 10.6. The van der Waals surface area contributed by atoms with Crippen LogP contribution in [0.2, 0.25) is 0 Å². The smallest absolute Gasteiger partial charge is 0.422 e. The van der Waals surface area contributed by atoms with E-state index in [0.717, 1.165) is 31.4 Å². The van der Waals surface area contributed by atoms with Crippen molar-refractivity contribution in [3.63, 3.8) is 0 Å². The summed E-state index contributed by atoms with van der Waals surface area (Å²) >= 11 is 0. The number of para-hydroxylation sites is 1. The molecule has 1 amide bonds. The van der Waals surface area contributed by atoms with Gasteiger partial charge >= 0.3 is 6.09 Å². The highest BCUT2D eigenvalue weighted by atomic mass is 16.6. The molecule has 0 atom stereocenters. The van der Waals surface area contributed by atoms with E-state index in [-0.39, 0.29) is 0 Å². The number of nitrogens with one attached hydrogen (secondary N) is 2. The lowest BCUT2D eigenvalue weighted by Gasteiger charge is -2.19. The Hall–Kier alpha value is -2.53. The maximum atomic E-state index is 11.6. The largest absolute Gasteiger partial charge is 0.496 e. The van der Waals surface area contributed by atoms with Crippen LogP contribution in [-0.2, 0) is 24.0 Å². The number of hydrogen-bond acceptors (Lipinski definition) is 4. The van der Waals surface area contributed by atoms with Crippen molar-refractivity contribution in [3.05, 3.63) is 65.2 Å². The number of carbonyl (C=O) groups is 1. The van der Waals surface area contributed by atoms with Crippen molar-refractivity contribution in [1.29, 1.82) is 0 Å². The Morgan fingerprint density at radius 1 is 0.964 bits per heavy atom. The van der Waals surface area contributed by atoms with E-state index in [2.05, 4.69) is 41.2 Å². The Morgan fingerprint density at radius 3 is 2.39 bits per heavy atom. The predicted octanol–water partition coefficient (Wildman–Crippen LogP) is 4.44. The second-order valence-electron chi connectivity index (χ2n) is 7.79. The molecule has 28 heavy (non-hydrogen) atoms. The van der Waals surface area contributed by atoms with E-state index in [4.69, 9.17) is 9.47 Å². The molecule has 5 nitrogen and oxygen atoms in total. The van der Waals surface area contributed by atoms with Crippen LogP contribution in [0, 0.1) is 0 Å². The monoisotopic (exact) mass is 384 g/mol. The number of hydrazine groups is 1. The van der Waals surface area contributed by atoms with Gasteiger partial charge in [0, 0.05) is 6.54 Å². The standard InChI is InChI=1S/C23H32N2O3/c1-23(2,3)28-22(26)25-24-16-8-11-18-9-7-10-19(17-18)14-15-20-12-5-6-13-21(20)27-4/h5-7,9-10,12-13,17,24H,8,11,14-16H2,1-4H3,(H,25,26). The first-order valence-corrected chi connectivity index (χ1v) is 9.79. The molecule has 0 heterocycles. The minimum atomic E-state index is -0.490. The first kappa shape index (κ1) is 21.8. The number of carbonyl (C=O) groups excluding carboxylic acids is 1. The molecule has 5 heteroatoms. The van der Waals surface area contributed by atoms with Crippen molar-refractivity contribution in [2.75, 3.05) is 13.7 Å². The molecular formula is C23H32N2O3. The summed E-state index contributed by atoms with van der Waals surface area (Å²) in [6.45, 7) is 6.21. The Kier molecular flexibility index (Phi) is 8.33. The van der Waals surface area contributed by atoms with Crippen molar-refractivity contribution in [2.45, 2.75) is 52.1 Å². The lowest BCUT2D eigenvalue weighted by molar-refractivity contribution is 0.0498. The number of ether oxygens (including phenoxy) is 2. The number of hydrogen-bond donors (Lipinski definition) is 2. The zero-order valence-corrected chi connectivity index (χ0v) is 17.4. The van der Waals surface area contributed by atoms with E-state index < -0.39 is 11.7 Å². The molecule has 0 aliphatic carbocycles. The molecule has 0 spiro atoms. The fourth-order valence-electron chi connectivity index (χ4n) is 2.95. The molecule has 2 N–H and O–H groups in total. The summed E-state index contributed by atoms with van der Waals surface area (Å²) in [6.07, 6.45) is 3.35. The van der Waals surface area contributed by atoms with Crippen molar-refractivity contribution in [2.24, 2.45) is 0 Å². The van der Waals surface area contributed by atoms with Gasteiger partial charge in [0.25, 0.3) is 0 Å². The van der Waals surface area contributed by atoms with Gasteiger partial charge in [0.1, 0.15) is 11.4 Å². The maximum Gasteiger partial charge on any atom is 0.422 e. The van der Waals surface area contributed by atoms with E-state index in [1.165, 1.54) is 16.7 Å². The summed E-state index contributed by atoms with van der Waals surface area (Å²) in [6, 6.07) is 16.8. The number of methoxy groups -OCH3 is 1. The Balaban J connectivity index is 1.73. The molecule has 0 saturated heterocycles. The summed E-state index contributed by atoms with van der Waals surface area (Å²) in [5.74, 6) is 0.946. The van der Waals surface area contributed by atoms with Crippen molar-refractivity contribution < 1.29 is 14.3 Å². The van der Waals surface area contributed by atoms with Crippen molar-refractivity contribution in [3.8, 4) is 5.75 Å². The third kappa shape index (κ3) is 8.01. The van der Waals surface area contributed by atoms with Gasteiger partial charge in [0.2, 0.25) is 0 Å². The van der Waals surface area contributed by atoms with E-state index in [0.29, 0.717) is 6.54 Å². The lowest BCUT2D eigenvalue weighted by atomic mass is 10.0. The fraction of sp³-hybridized carbons (Fsp3) is 0.435. The van der Waals surface area contributed by atoms with Crippen LogP contribution in [-0.4, -0.2) is 25.3 Å². The molecule has 0 aliphatic heterocycles. The van der Waals surface area contributed by atoms with Crippen LogP contribution in [0.5, 0.6) is 5.75 Å². The lowest BCUT2D eigenvalue weighted by Crippen LogP contribution is -2.41. The molecule has 0 saturated carbocycles. The zero-order chi connectivity index (χ0) is 20.4. The van der Waals surface area contributed by atoms with Gasteiger partial charge in [0.05, 0.1) is 7.11 Å². The third-order valence-corrected chi connectivity index (χ3v) is 4.22. The summed E-state index contributed by atoms with van der Waals surface area (Å²) in [5.41, 5.74) is 8.84. The van der Waals surface area contributed by atoms with Gasteiger partial charge in [-0.25, -0.2) is 10.2 Å². The van der Waals surface area contributed by atoms with Crippen LogP contribution in [0.4, 0.5) is 4.79 Å². The van der Waals surface area contributed by atoms with Gasteiger partial charge < -0.3 is 9.47 Å². The van der Waals surface area contributed by atoms with Gasteiger partial charge in [-0.1, -0.05) is 42.5 Å². The number of rotatable bonds is 9. The first-order valence-electron chi connectivity index (χ1n) is 9.79. The minimum Gasteiger partial charge on any atom is -0.496 e. The van der Waals surface area contributed by atoms with Gasteiger partial charge in [-0.2, -0.15) is 0 Å². The normalized spacial score (nSPS) is 11.1. The Morgan fingerprint density at radius 2 is 1.68 bits per heavy atom. The Labute approximate surface area is 168 Å². The summed E-state index contributed by atoms with van der Waals surface area (Å²) in [7, 11) is 1.71. The Bertz CT molecular complexity index is 754. The highest BCUT2D eigenvalue weighted by Gasteiger charge is 2.15. The molecule has 0 aromatic heterocycles. The fourth-order valence-corrected chi connectivity index (χ4v) is 2.95. The highest BCUT2D eigenvalue weighted by molar-refractivity contribution is 5.66. The summed E-state index contributed by atoms with van der Waals surface area (Å²) in [4.78, 5) is 11.6. The van der Waals surface area contributed by atoms with Crippen LogP contribution < -0.4 is 15.6 Å². The van der Waals surface area contributed by atoms with Crippen LogP contribution >= 0.6 is 0 Å². The molecular weight excluding hydrogens is 352 g/mol. The molecule has 0 fully saturated rings. The average Bonchev–Trinajstić information content (AvgIpc) is 2.65. The van der Waals surface area contributed by atoms with Gasteiger partial charge in [0.15, 0.2) is 0 Å². The molecule has 0 bridgehead atoms. The topological polar surface area (TPSA) is 59.6 Å². The van der Waals surface area contributed by atoms with E-state index in [1.807, 2.05) is 39.0 Å².